The zero-order valence-electron chi connectivity index (χ0n) is 13.1. The van der Waals surface area contributed by atoms with Gasteiger partial charge in [-0.1, -0.05) is 0 Å². The third-order valence-electron chi connectivity index (χ3n) is 4.24. The number of hydrogen-bond acceptors (Lipinski definition) is 4. The number of fused-ring (bicyclic) bond motifs is 1. The van der Waals surface area contributed by atoms with E-state index < -0.39 is 11.6 Å². The Balaban J connectivity index is 1.72. The van der Waals surface area contributed by atoms with Crippen molar-refractivity contribution in [1.82, 2.24) is 14.8 Å². The van der Waals surface area contributed by atoms with Gasteiger partial charge in [0.15, 0.2) is 5.82 Å². The van der Waals surface area contributed by atoms with Crippen molar-refractivity contribution in [3.63, 3.8) is 0 Å². The van der Waals surface area contributed by atoms with Gasteiger partial charge < -0.3 is 9.64 Å². The van der Waals surface area contributed by atoms with E-state index in [0.717, 1.165) is 17.3 Å². The SMILES string of the molecule is Cn1cc(C2CN(c3ccnc4c(F)cc(F)cc34)CCO2)cn1. The highest BCUT2D eigenvalue weighted by Crippen LogP contribution is 2.31. The van der Waals surface area contributed by atoms with E-state index in [4.69, 9.17) is 4.74 Å². The predicted molar refractivity (Wildman–Crippen MR) is 85.8 cm³/mol. The van der Waals surface area contributed by atoms with E-state index >= 15 is 0 Å². The molecule has 1 aliphatic heterocycles. The molecule has 0 radical (unpaired) electrons. The maximum absolute atomic E-state index is 14.0. The van der Waals surface area contributed by atoms with Crippen LogP contribution in [0.4, 0.5) is 14.5 Å². The van der Waals surface area contributed by atoms with E-state index in [1.807, 2.05) is 13.2 Å². The molecule has 1 aromatic carbocycles. The molecule has 3 aromatic rings. The lowest BCUT2D eigenvalue weighted by molar-refractivity contribution is 0.0398. The summed E-state index contributed by atoms with van der Waals surface area (Å²) in [4.78, 5) is 6.12. The second kappa shape index (κ2) is 5.83. The molecular weight excluding hydrogens is 314 g/mol. The molecule has 0 spiro atoms. The monoisotopic (exact) mass is 330 g/mol. The van der Waals surface area contributed by atoms with Crippen molar-refractivity contribution in [2.24, 2.45) is 7.05 Å². The van der Waals surface area contributed by atoms with E-state index in [1.54, 1.807) is 23.1 Å². The van der Waals surface area contributed by atoms with Crippen LogP contribution in [0.3, 0.4) is 0 Å². The number of morpholine rings is 1. The number of halogens is 2. The Hall–Kier alpha value is -2.54. The standard InChI is InChI=1S/C17H16F2N4O/c1-22-9-11(8-21-22)16-10-23(4-5-24-16)15-2-3-20-17-13(15)6-12(18)7-14(17)19/h2-3,6-9,16H,4-5,10H2,1H3. The summed E-state index contributed by atoms with van der Waals surface area (Å²) in [5, 5.41) is 4.65. The molecule has 0 saturated carbocycles. The number of hydrogen-bond donors (Lipinski definition) is 0. The van der Waals surface area contributed by atoms with Crippen LogP contribution in [0.1, 0.15) is 11.7 Å². The molecular formula is C17H16F2N4O. The van der Waals surface area contributed by atoms with Gasteiger partial charge in [-0.15, -0.1) is 0 Å². The van der Waals surface area contributed by atoms with Crippen LogP contribution in [0, 0.1) is 11.6 Å². The van der Waals surface area contributed by atoms with Crippen molar-refractivity contribution in [3.05, 3.63) is 54.0 Å². The third kappa shape index (κ3) is 2.60. The molecule has 1 atom stereocenters. The molecule has 0 N–H and O–H groups in total. The van der Waals surface area contributed by atoms with Gasteiger partial charge in [0.1, 0.15) is 17.4 Å². The van der Waals surface area contributed by atoms with E-state index in [-0.39, 0.29) is 11.6 Å². The first-order valence-electron chi connectivity index (χ1n) is 7.70. The summed E-state index contributed by atoms with van der Waals surface area (Å²) in [6, 6.07) is 3.97. The van der Waals surface area contributed by atoms with Gasteiger partial charge >= 0.3 is 0 Å². The molecule has 4 rings (SSSR count). The first-order valence-corrected chi connectivity index (χ1v) is 7.70. The van der Waals surface area contributed by atoms with E-state index in [9.17, 15) is 8.78 Å². The quantitative estimate of drug-likeness (QED) is 0.725. The van der Waals surface area contributed by atoms with Crippen molar-refractivity contribution in [1.29, 1.82) is 0 Å². The molecule has 1 saturated heterocycles. The van der Waals surface area contributed by atoms with E-state index in [0.29, 0.717) is 25.1 Å². The molecule has 7 heteroatoms. The van der Waals surface area contributed by atoms with Crippen LogP contribution in [0.2, 0.25) is 0 Å². The van der Waals surface area contributed by atoms with Crippen LogP contribution < -0.4 is 4.90 Å². The minimum Gasteiger partial charge on any atom is -0.370 e. The second-order valence-corrected chi connectivity index (χ2v) is 5.87. The van der Waals surface area contributed by atoms with Gasteiger partial charge in [-0.3, -0.25) is 9.67 Å². The molecule has 1 unspecified atom stereocenters. The van der Waals surface area contributed by atoms with Crippen molar-refractivity contribution >= 4 is 16.6 Å². The van der Waals surface area contributed by atoms with Gasteiger partial charge in [-0.25, -0.2) is 8.78 Å². The fourth-order valence-electron chi connectivity index (χ4n) is 3.12. The number of rotatable bonds is 2. The molecule has 1 aliphatic rings. The van der Waals surface area contributed by atoms with Crippen molar-refractivity contribution in [3.8, 4) is 0 Å². The highest BCUT2D eigenvalue weighted by Gasteiger charge is 2.25. The average Bonchev–Trinajstić information content (AvgIpc) is 3.01. The summed E-state index contributed by atoms with van der Waals surface area (Å²) in [5.41, 5.74) is 1.92. The number of anilines is 1. The second-order valence-electron chi connectivity index (χ2n) is 5.87. The molecule has 3 heterocycles. The predicted octanol–water partition coefficient (Wildman–Crippen LogP) is 2.82. The van der Waals surface area contributed by atoms with Gasteiger partial charge in [0.05, 0.1) is 12.8 Å². The molecule has 0 amide bonds. The number of pyridine rings is 1. The highest BCUT2D eigenvalue weighted by atomic mass is 19.1. The summed E-state index contributed by atoms with van der Waals surface area (Å²) in [6.45, 7) is 1.76. The molecule has 5 nitrogen and oxygen atoms in total. The lowest BCUT2D eigenvalue weighted by Gasteiger charge is -2.34. The third-order valence-corrected chi connectivity index (χ3v) is 4.24. The van der Waals surface area contributed by atoms with Crippen molar-refractivity contribution in [2.45, 2.75) is 6.10 Å². The van der Waals surface area contributed by atoms with Crippen molar-refractivity contribution < 1.29 is 13.5 Å². The first-order chi connectivity index (χ1) is 11.6. The largest absolute Gasteiger partial charge is 0.370 e. The van der Waals surface area contributed by atoms with Gasteiger partial charge in [-0.05, 0) is 12.1 Å². The average molecular weight is 330 g/mol. The number of ether oxygens (including phenoxy) is 1. The van der Waals surface area contributed by atoms with Crippen LogP contribution in [0.25, 0.3) is 10.9 Å². The number of benzene rings is 1. The van der Waals surface area contributed by atoms with Crippen LogP contribution in [0.15, 0.2) is 36.8 Å². The Bertz CT molecular complexity index is 895. The Morgan fingerprint density at radius 1 is 1.29 bits per heavy atom. The summed E-state index contributed by atoms with van der Waals surface area (Å²) >= 11 is 0. The summed E-state index contributed by atoms with van der Waals surface area (Å²) in [6.07, 6.45) is 5.11. The van der Waals surface area contributed by atoms with Crippen LogP contribution in [0.5, 0.6) is 0 Å². The van der Waals surface area contributed by atoms with Crippen LogP contribution in [-0.4, -0.2) is 34.5 Å². The number of aromatic nitrogens is 3. The van der Waals surface area contributed by atoms with Crippen LogP contribution >= 0.6 is 0 Å². The molecule has 24 heavy (non-hydrogen) atoms. The summed E-state index contributed by atoms with van der Waals surface area (Å²) in [7, 11) is 1.85. The first kappa shape index (κ1) is 15.0. The van der Waals surface area contributed by atoms with Gasteiger partial charge in [0, 0.05) is 55.2 Å². The van der Waals surface area contributed by atoms with Crippen LogP contribution in [-0.2, 0) is 11.8 Å². The molecule has 2 aromatic heterocycles. The normalized spacial score (nSPS) is 18.3. The fraction of sp³-hybridized carbons (Fsp3) is 0.294. The molecule has 124 valence electrons. The maximum Gasteiger partial charge on any atom is 0.152 e. The highest BCUT2D eigenvalue weighted by molar-refractivity contribution is 5.92. The van der Waals surface area contributed by atoms with Gasteiger partial charge in [0.25, 0.3) is 0 Å². The Kier molecular flexibility index (Phi) is 3.65. The van der Waals surface area contributed by atoms with Gasteiger partial charge in [0.2, 0.25) is 0 Å². The lowest BCUT2D eigenvalue weighted by Crippen LogP contribution is -2.38. The lowest BCUT2D eigenvalue weighted by atomic mass is 10.1. The summed E-state index contributed by atoms with van der Waals surface area (Å²) in [5.74, 6) is -1.25. The van der Waals surface area contributed by atoms with Crippen molar-refractivity contribution in [2.75, 3.05) is 24.6 Å². The molecule has 0 aliphatic carbocycles. The zero-order valence-corrected chi connectivity index (χ0v) is 13.1. The Morgan fingerprint density at radius 2 is 2.17 bits per heavy atom. The minimum atomic E-state index is -0.649. The summed E-state index contributed by atoms with van der Waals surface area (Å²) < 4.78 is 35.2. The van der Waals surface area contributed by atoms with E-state index in [2.05, 4.69) is 15.0 Å². The maximum atomic E-state index is 14.0. The number of nitrogens with zero attached hydrogens (tertiary/aromatic N) is 4. The number of aryl methyl sites for hydroxylation is 1. The smallest absolute Gasteiger partial charge is 0.152 e. The Labute approximate surface area is 137 Å². The minimum absolute atomic E-state index is 0.130. The van der Waals surface area contributed by atoms with E-state index in [1.165, 1.54) is 6.07 Å². The Morgan fingerprint density at radius 3 is 2.96 bits per heavy atom. The fourth-order valence-corrected chi connectivity index (χ4v) is 3.12. The zero-order chi connectivity index (χ0) is 16.7. The van der Waals surface area contributed by atoms with Gasteiger partial charge in [-0.2, -0.15) is 5.10 Å². The molecule has 0 bridgehead atoms. The molecule has 1 fully saturated rings. The topological polar surface area (TPSA) is 43.2 Å².